The standard InChI is InChI=1S/C22H33N3O4/c1-6-25(7-2)17-10-8-16(9-11-17)21(27)23-18(12-14(3)4)22(28)24-20-15(5)29-13-19(20)26/h8-11,14-15,18,20H,6-7,12-13H2,1-5H3,(H,23,27)(H,24,28)/t15-,18?,20+/m1/s1. The zero-order valence-corrected chi connectivity index (χ0v) is 18.0. The zero-order chi connectivity index (χ0) is 21.6. The van der Waals surface area contributed by atoms with Crippen LogP contribution in [-0.4, -0.2) is 55.5 Å². The third-order valence-electron chi connectivity index (χ3n) is 5.19. The lowest BCUT2D eigenvalue weighted by molar-refractivity contribution is -0.127. The van der Waals surface area contributed by atoms with Gasteiger partial charge in [-0.05, 0) is 57.4 Å². The monoisotopic (exact) mass is 403 g/mol. The van der Waals surface area contributed by atoms with Crippen LogP contribution in [0, 0.1) is 5.92 Å². The van der Waals surface area contributed by atoms with Gasteiger partial charge in [0, 0.05) is 24.3 Å². The molecule has 1 unspecified atom stereocenters. The average molecular weight is 404 g/mol. The van der Waals surface area contributed by atoms with Gasteiger partial charge in [0.25, 0.3) is 5.91 Å². The van der Waals surface area contributed by atoms with Crippen LogP contribution in [0.5, 0.6) is 0 Å². The van der Waals surface area contributed by atoms with Crippen molar-refractivity contribution < 1.29 is 19.1 Å². The molecule has 29 heavy (non-hydrogen) atoms. The lowest BCUT2D eigenvalue weighted by Gasteiger charge is -2.23. The summed E-state index contributed by atoms with van der Waals surface area (Å²) in [6, 6.07) is 5.98. The number of nitrogens with zero attached hydrogens (tertiary/aromatic N) is 1. The Morgan fingerprint density at radius 1 is 1.17 bits per heavy atom. The molecular weight excluding hydrogens is 370 g/mol. The molecule has 3 atom stereocenters. The number of hydrogen-bond donors (Lipinski definition) is 2. The number of anilines is 1. The molecule has 1 saturated heterocycles. The van der Waals surface area contributed by atoms with E-state index in [1.165, 1.54) is 0 Å². The van der Waals surface area contributed by atoms with Crippen LogP contribution in [0.2, 0.25) is 0 Å². The van der Waals surface area contributed by atoms with Gasteiger partial charge >= 0.3 is 0 Å². The summed E-state index contributed by atoms with van der Waals surface area (Å²) in [4.78, 5) is 39.6. The minimum Gasteiger partial charge on any atom is -0.372 e. The molecule has 160 valence electrons. The number of benzene rings is 1. The Hall–Kier alpha value is -2.41. The maximum Gasteiger partial charge on any atom is 0.251 e. The van der Waals surface area contributed by atoms with E-state index in [0.717, 1.165) is 18.8 Å². The van der Waals surface area contributed by atoms with Gasteiger partial charge in [0.05, 0.1) is 6.10 Å². The first kappa shape index (κ1) is 22.9. The minimum absolute atomic E-state index is 0.00616. The van der Waals surface area contributed by atoms with Crippen molar-refractivity contribution in [1.82, 2.24) is 10.6 Å². The van der Waals surface area contributed by atoms with Crippen LogP contribution in [0.3, 0.4) is 0 Å². The molecule has 1 aliphatic rings. The molecule has 1 aromatic carbocycles. The lowest BCUT2D eigenvalue weighted by Crippen LogP contribution is -2.53. The summed E-state index contributed by atoms with van der Waals surface area (Å²) in [6.07, 6.45) is 0.111. The lowest BCUT2D eigenvalue weighted by atomic mass is 10.0. The first-order chi connectivity index (χ1) is 13.8. The van der Waals surface area contributed by atoms with Gasteiger partial charge in [0.2, 0.25) is 5.91 Å². The number of carbonyl (C=O) groups excluding carboxylic acids is 3. The highest BCUT2D eigenvalue weighted by molar-refractivity contribution is 5.99. The second kappa shape index (κ2) is 10.4. The Labute approximate surface area is 173 Å². The summed E-state index contributed by atoms with van der Waals surface area (Å²) < 4.78 is 5.28. The van der Waals surface area contributed by atoms with Gasteiger partial charge in [-0.1, -0.05) is 13.8 Å². The number of ketones is 1. The number of rotatable bonds is 9. The minimum atomic E-state index is -0.717. The Kier molecular flexibility index (Phi) is 8.20. The molecule has 0 spiro atoms. The van der Waals surface area contributed by atoms with Gasteiger partial charge in [0.1, 0.15) is 18.7 Å². The second-order valence-electron chi connectivity index (χ2n) is 7.84. The van der Waals surface area contributed by atoms with Crippen LogP contribution in [-0.2, 0) is 14.3 Å². The maximum absolute atomic E-state index is 12.8. The largest absolute Gasteiger partial charge is 0.372 e. The molecule has 2 N–H and O–H groups in total. The molecular formula is C22H33N3O4. The molecule has 1 heterocycles. The summed E-state index contributed by atoms with van der Waals surface area (Å²) in [7, 11) is 0. The first-order valence-electron chi connectivity index (χ1n) is 10.4. The van der Waals surface area contributed by atoms with Crippen molar-refractivity contribution >= 4 is 23.3 Å². The van der Waals surface area contributed by atoms with E-state index in [0.29, 0.717) is 12.0 Å². The SMILES string of the molecule is CCN(CC)c1ccc(C(=O)NC(CC(C)C)C(=O)N[C@@H]2C(=O)CO[C@@H]2C)cc1. The predicted octanol–water partition coefficient (Wildman–Crippen LogP) is 2.15. The summed E-state index contributed by atoms with van der Waals surface area (Å²) in [5.74, 6) is -0.613. The maximum atomic E-state index is 12.8. The van der Waals surface area contributed by atoms with Crippen molar-refractivity contribution in [3.8, 4) is 0 Å². The van der Waals surface area contributed by atoms with Gasteiger partial charge in [-0.3, -0.25) is 14.4 Å². The first-order valence-corrected chi connectivity index (χ1v) is 10.4. The van der Waals surface area contributed by atoms with E-state index in [4.69, 9.17) is 4.74 Å². The van der Waals surface area contributed by atoms with E-state index in [2.05, 4.69) is 29.4 Å². The molecule has 1 aromatic rings. The van der Waals surface area contributed by atoms with Gasteiger partial charge in [-0.15, -0.1) is 0 Å². The predicted molar refractivity (Wildman–Crippen MR) is 113 cm³/mol. The Balaban J connectivity index is 2.07. The third kappa shape index (κ3) is 6.03. The molecule has 2 amide bonds. The van der Waals surface area contributed by atoms with Crippen molar-refractivity contribution in [2.45, 2.75) is 59.2 Å². The number of Topliss-reactive ketones (excluding diaryl/α,β-unsaturated/α-hetero) is 1. The number of hydrogen-bond acceptors (Lipinski definition) is 5. The molecule has 1 fully saturated rings. The van der Waals surface area contributed by atoms with Gasteiger partial charge in [-0.25, -0.2) is 0 Å². The number of amides is 2. The van der Waals surface area contributed by atoms with Crippen LogP contribution >= 0.6 is 0 Å². The fourth-order valence-corrected chi connectivity index (χ4v) is 3.47. The van der Waals surface area contributed by atoms with Crippen LogP contribution in [0.25, 0.3) is 0 Å². The van der Waals surface area contributed by atoms with Crippen molar-refractivity contribution in [2.24, 2.45) is 5.92 Å². The van der Waals surface area contributed by atoms with E-state index in [1.54, 1.807) is 19.1 Å². The van der Waals surface area contributed by atoms with Gasteiger partial charge in [-0.2, -0.15) is 0 Å². The zero-order valence-electron chi connectivity index (χ0n) is 18.0. The summed E-state index contributed by atoms with van der Waals surface area (Å²) in [5.41, 5.74) is 1.55. The quantitative estimate of drug-likeness (QED) is 0.660. The van der Waals surface area contributed by atoms with E-state index in [-0.39, 0.29) is 36.2 Å². The highest BCUT2D eigenvalue weighted by Crippen LogP contribution is 2.16. The topological polar surface area (TPSA) is 87.7 Å². The number of ether oxygens (including phenoxy) is 1. The molecule has 0 aromatic heterocycles. The molecule has 0 bridgehead atoms. The van der Waals surface area contributed by atoms with E-state index in [9.17, 15) is 14.4 Å². The van der Waals surface area contributed by atoms with Crippen molar-refractivity contribution in [3.05, 3.63) is 29.8 Å². The van der Waals surface area contributed by atoms with E-state index < -0.39 is 12.1 Å². The average Bonchev–Trinajstić information content (AvgIpc) is 3.00. The van der Waals surface area contributed by atoms with Crippen LogP contribution < -0.4 is 15.5 Å². The summed E-state index contributed by atoms with van der Waals surface area (Å²) in [5, 5.41) is 5.57. The Bertz CT molecular complexity index is 713. The number of nitrogens with one attached hydrogen (secondary N) is 2. The summed E-state index contributed by atoms with van der Waals surface area (Å²) in [6.45, 7) is 11.7. The molecule has 0 saturated carbocycles. The normalized spacial score (nSPS) is 19.9. The Morgan fingerprint density at radius 2 is 1.79 bits per heavy atom. The van der Waals surface area contributed by atoms with Crippen LogP contribution in [0.4, 0.5) is 5.69 Å². The smallest absolute Gasteiger partial charge is 0.251 e. The highest BCUT2D eigenvalue weighted by atomic mass is 16.5. The molecule has 1 aliphatic heterocycles. The molecule has 7 nitrogen and oxygen atoms in total. The molecule has 2 rings (SSSR count). The van der Waals surface area contributed by atoms with Crippen LogP contribution in [0.1, 0.15) is 51.4 Å². The Morgan fingerprint density at radius 3 is 2.28 bits per heavy atom. The third-order valence-corrected chi connectivity index (χ3v) is 5.19. The molecule has 0 radical (unpaired) electrons. The highest BCUT2D eigenvalue weighted by Gasteiger charge is 2.35. The molecule has 7 heteroatoms. The van der Waals surface area contributed by atoms with Crippen LogP contribution in [0.15, 0.2) is 24.3 Å². The fourth-order valence-electron chi connectivity index (χ4n) is 3.47. The fraction of sp³-hybridized carbons (Fsp3) is 0.591. The van der Waals surface area contributed by atoms with Crippen molar-refractivity contribution in [1.29, 1.82) is 0 Å². The van der Waals surface area contributed by atoms with Crippen molar-refractivity contribution in [2.75, 3.05) is 24.6 Å². The number of carbonyl (C=O) groups is 3. The second-order valence-corrected chi connectivity index (χ2v) is 7.84. The van der Waals surface area contributed by atoms with Gasteiger partial charge < -0.3 is 20.3 Å². The summed E-state index contributed by atoms with van der Waals surface area (Å²) >= 11 is 0. The van der Waals surface area contributed by atoms with E-state index >= 15 is 0 Å². The van der Waals surface area contributed by atoms with Gasteiger partial charge in [0.15, 0.2) is 5.78 Å². The van der Waals surface area contributed by atoms with E-state index in [1.807, 2.05) is 26.0 Å². The molecule has 0 aliphatic carbocycles. The van der Waals surface area contributed by atoms with Crippen molar-refractivity contribution in [3.63, 3.8) is 0 Å².